The summed E-state index contributed by atoms with van der Waals surface area (Å²) in [6, 6.07) is 4.13. The van der Waals surface area contributed by atoms with E-state index in [4.69, 9.17) is 0 Å². The van der Waals surface area contributed by atoms with Crippen LogP contribution < -0.4 is 0 Å². The molecular weight excluding hydrogens is 168 g/mol. The van der Waals surface area contributed by atoms with Gasteiger partial charge in [-0.3, -0.25) is 0 Å². The van der Waals surface area contributed by atoms with Gasteiger partial charge in [0.1, 0.15) is 0 Å². The molecule has 1 fully saturated rings. The minimum atomic E-state index is -0.557. The summed E-state index contributed by atoms with van der Waals surface area (Å²) in [4.78, 5) is 2.41. The van der Waals surface area contributed by atoms with Gasteiger partial charge in [-0.1, -0.05) is 0 Å². The maximum absolute atomic E-state index is 10.1. The third-order valence-corrected chi connectivity index (χ3v) is 3.84. The molecule has 0 amide bonds. The van der Waals surface area contributed by atoms with Gasteiger partial charge in [0, 0.05) is 9.75 Å². The molecule has 1 N–H and O–H groups in total. The molecule has 0 aliphatic heterocycles. The fourth-order valence-electron chi connectivity index (χ4n) is 1.55. The predicted molar refractivity (Wildman–Crippen MR) is 51.4 cm³/mol. The first-order valence-corrected chi connectivity index (χ1v) is 5.21. The number of thiophene rings is 1. The van der Waals surface area contributed by atoms with E-state index < -0.39 is 5.60 Å². The molecule has 0 aromatic carbocycles. The summed E-state index contributed by atoms with van der Waals surface area (Å²) in [5, 5.41) is 10.1. The van der Waals surface area contributed by atoms with Crippen LogP contribution in [-0.2, 0) is 5.60 Å². The quantitative estimate of drug-likeness (QED) is 0.745. The van der Waals surface area contributed by atoms with Crippen LogP contribution in [0.5, 0.6) is 0 Å². The van der Waals surface area contributed by atoms with Gasteiger partial charge in [0.15, 0.2) is 0 Å². The van der Waals surface area contributed by atoms with Gasteiger partial charge >= 0.3 is 0 Å². The molecule has 0 unspecified atom stereocenters. The molecule has 1 heterocycles. The van der Waals surface area contributed by atoms with Gasteiger partial charge in [0.25, 0.3) is 0 Å². The Hall–Kier alpha value is -0.340. The smallest absolute Gasteiger partial charge is 0.0987 e. The Balaban J connectivity index is 2.27. The lowest BCUT2D eigenvalue weighted by molar-refractivity contribution is 0.0368. The van der Waals surface area contributed by atoms with Crippen LogP contribution in [0, 0.1) is 12.8 Å². The van der Waals surface area contributed by atoms with Crippen molar-refractivity contribution in [2.24, 2.45) is 5.92 Å². The van der Waals surface area contributed by atoms with Crippen molar-refractivity contribution < 1.29 is 5.11 Å². The molecule has 2 rings (SSSR count). The number of aryl methyl sites for hydroxylation is 1. The Bertz CT molecular complexity index is 284. The van der Waals surface area contributed by atoms with E-state index in [9.17, 15) is 5.11 Å². The standard InChI is InChI=1S/C10H14OS/c1-7-3-6-9(12-7)10(2,11)8-4-5-8/h3,6,8,11H,4-5H2,1-2H3/t10-/m1/s1. The van der Waals surface area contributed by atoms with E-state index in [1.165, 1.54) is 17.7 Å². The zero-order valence-electron chi connectivity index (χ0n) is 7.50. The molecule has 66 valence electrons. The molecule has 1 aromatic rings. The number of rotatable bonds is 2. The van der Waals surface area contributed by atoms with Crippen molar-refractivity contribution in [1.29, 1.82) is 0 Å². The summed E-state index contributed by atoms with van der Waals surface area (Å²) >= 11 is 1.71. The van der Waals surface area contributed by atoms with Crippen LogP contribution >= 0.6 is 11.3 Å². The molecule has 0 spiro atoms. The lowest BCUT2D eigenvalue weighted by atomic mass is 9.99. The number of aliphatic hydroxyl groups is 1. The molecule has 1 saturated carbocycles. The van der Waals surface area contributed by atoms with Crippen LogP contribution in [-0.4, -0.2) is 5.11 Å². The molecule has 2 heteroatoms. The molecule has 1 aromatic heterocycles. The van der Waals surface area contributed by atoms with Gasteiger partial charge in [0.2, 0.25) is 0 Å². The first kappa shape index (κ1) is 8.27. The second-order valence-corrected chi connectivity index (χ2v) is 5.12. The Kier molecular flexibility index (Phi) is 1.77. The summed E-state index contributed by atoms with van der Waals surface area (Å²) in [7, 11) is 0. The SMILES string of the molecule is Cc1ccc([C@](C)(O)C2CC2)s1. The fourth-order valence-corrected chi connectivity index (χ4v) is 2.55. The molecule has 1 atom stereocenters. The van der Waals surface area contributed by atoms with Crippen LogP contribution in [0.25, 0.3) is 0 Å². The van der Waals surface area contributed by atoms with Crippen LogP contribution in [0.3, 0.4) is 0 Å². The third-order valence-electron chi connectivity index (χ3n) is 2.61. The molecule has 1 nitrogen and oxygen atoms in total. The maximum Gasteiger partial charge on any atom is 0.0987 e. The Labute approximate surface area is 77.0 Å². The van der Waals surface area contributed by atoms with Crippen LogP contribution in [0.4, 0.5) is 0 Å². The zero-order chi connectivity index (χ0) is 8.77. The Morgan fingerprint density at radius 3 is 2.58 bits per heavy atom. The van der Waals surface area contributed by atoms with Crippen LogP contribution in [0.2, 0.25) is 0 Å². The summed E-state index contributed by atoms with van der Waals surface area (Å²) < 4.78 is 0. The van der Waals surface area contributed by atoms with Gasteiger partial charge < -0.3 is 5.11 Å². The Morgan fingerprint density at radius 2 is 2.17 bits per heavy atom. The van der Waals surface area contributed by atoms with Gasteiger partial charge in [-0.05, 0) is 44.7 Å². The Morgan fingerprint density at radius 1 is 1.50 bits per heavy atom. The monoisotopic (exact) mass is 182 g/mol. The molecule has 12 heavy (non-hydrogen) atoms. The maximum atomic E-state index is 10.1. The van der Waals surface area contributed by atoms with Crippen molar-refractivity contribution in [2.45, 2.75) is 32.3 Å². The van der Waals surface area contributed by atoms with Crippen molar-refractivity contribution in [3.8, 4) is 0 Å². The first-order valence-electron chi connectivity index (χ1n) is 4.40. The molecular formula is C10H14OS. The lowest BCUT2D eigenvalue weighted by Gasteiger charge is -2.20. The van der Waals surface area contributed by atoms with Gasteiger partial charge in [0.05, 0.1) is 5.60 Å². The minimum absolute atomic E-state index is 0.510. The first-order chi connectivity index (χ1) is 5.60. The van der Waals surface area contributed by atoms with Crippen molar-refractivity contribution in [3.05, 3.63) is 21.9 Å². The van der Waals surface area contributed by atoms with Crippen molar-refractivity contribution in [1.82, 2.24) is 0 Å². The zero-order valence-corrected chi connectivity index (χ0v) is 8.32. The second-order valence-electron chi connectivity index (χ2n) is 3.83. The highest BCUT2D eigenvalue weighted by Gasteiger charge is 2.41. The topological polar surface area (TPSA) is 20.2 Å². The second kappa shape index (κ2) is 2.57. The van der Waals surface area contributed by atoms with Crippen LogP contribution in [0.15, 0.2) is 12.1 Å². The molecule has 0 saturated heterocycles. The normalized spacial score (nSPS) is 22.2. The summed E-state index contributed by atoms with van der Waals surface area (Å²) in [6.07, 6.45) is 2.37. The van der Waals surface area contributed by atoms with Crippen LogP contribution in [0.1, 0.15) is 29.5 Å². The fraction of sp³-hybridized carbons (Fsp3) is 0.600. The average Bonchev–Trinajstić information content (AvgIpc) is 2.75. The third kappa shape index (κ3) is 1.29. The molecule has 0 radical (unpaired) electrons. The van der Waals surface area contributed by atoms with E-state index >= 15 is 0 Å². The highest BCUT2D eigenvalue weighted by atomic mass is 32.1. The summed E-state index contributed by atoms with van der Waals surface area (Å²) in [5.74, 6) is 0.510. The van der Waals surface area contributed by atoms with E-state index in [1.54, 1.807) is 11.3 Å². The van der Waals surface area contributed by atoms with Gasteiger partial charge in [-0.25, -0.2) is 0 Å². The predicted octanol–water partition coefficient (Wildman–Crippen LogP) is 2.67. The highest BCUT2D eigenvalue weighted by Crippen LogP contribution is 2.47. The number of hydrogen-bond acceptors (Lipinski definition) is 2. The van der Waals surface area contributed by atoms with E-state index in [0.29, 0.717) is 5.92 Å². The molecule has 1 aliphatic carbocycles. The van der Waals surface area contributed by atoms with E-state index in [2.05, 4.69) is 19.1 Å². The largest absolute Gasteiger partial charge is 0.384 e. The van der Waals surface area contributed by atoms with Crippen molar-refractivity contribution in [2.75, 3.05) is 0 Å². The van der Waals surface area contributed by atoms with E-state index in [0.717, 1.165) is 4.88 Å². The summed E-state index contributed by atoms with van der Waals surface area (Å²) in [6.45, 7) is 4.02. The van der Waals surface area contributed by atoms with Gasteiger partial charge in [-0.15, -0.1) is 11.3 Å². The van der Waals surface area contributed by atoms with E-state index in [-0.39, 0.29) is 0 Å². The average molecular weight is 182 g/mol. The highest BCUT2D eigenvalue weighted by molar-refractivity contribution is 7.12. The van der Waals surface area contributed by atoms with Gasteiger partial charge in [-0.2, -0.15) is 0 Å². The molecule has 0 bridgehead atoms. The van der Waals surface area contributed by atoms with Crippen molar-refractivity contribution in [3.63, 3.8) is 0 Å². The van der Waals surface area contributed by atoms with E-state index in [1.807, 2.05) is 6.92 Å². The lowest BCUT2D eigenvalue weighted by Crippen LogP contribution is -2.21. The molecule has 1 aliphatic rings. The number of hydrogen-bond donors (Lipinski definition) is 1. The minimum Gasteiger partial charge on any atom is -0.384 e. The van der Waals surface area contributed by atoms with Crippen molar-refractivity contribution >= 4 is 11.3 Å². The summed E-state index contributed by atoms with van der Waals surface area (Å²) in [5.41, 5.74) is -0.557.